The Morgan fingerprint density at radius 1 is 1.27 bits per heavy atom. The second kappa shape index (κ2) is 6.82. The van der Waals surface area contributed by atoms with Gasteiger partial charge < -0.3 is 14.2 Å². The van der Waals surface area contributed by atoms with Crippen molar-refractivity contribution in [1.82, 2.24) is 14.5 Å². The molecule has 2 aliphatic rings. The van der Waals surface area contributed by atoms with Gasteiger partial charge in [-0.3, -0.25) is 4.79 Å². The van der Waals surface area contributed by atoms with Gasteiger partial charge in [-0.05, 0) is 38.5 Å². The number of carbonyl (C=O) groups is 1. The molecule has 5 heteroatoms. The lowest BCUT2D eigenvalue weighted by Crippen LogP contribution is -2.38. The van der Waals surface area contributed by atoms with Gasteiger partial charge in [-0.1, -0.05) is 0 Å². The van der Waals surface area contributed by atoms with Crippen LogP contribution in [0, 0.1) is 12.8 Å². The minimum atomic E-state index is 0.208. The van der Waals surface area contributed by atoms with Crippen molar-refractivity contribution in [2.24, 2.45) is 5.92 Å². The molecule has 1 amide bonds. The van der Waals surface area contributed by atoms with E-state index in [4.69, 9.17) is 9.72 Å². The van der Waals surface area contributed by atoms with Crippen LogP contribution in [0.3, 0.4) is 0 Å². The summed E-state index contributed by atoms with van der Waals surface area (Å²) >= 11 is 0. The van der Waals surface area contributed by atoms with Crippen LogP contribution in [0.1, 0.15) is 50.0 Å². The monoisotopic (exact) mass is 305 g/mol. The highest BCUT2D eigenvalue weighted by Crippen LogP contribution is 2.28. The molecule has 2 aliphatic heterocycles. The zero-order valence-electron chi connectivity index (χ0n) is 13.8. The fourth-order valence-corrected chi connectivity index (χ4v) is 3.69. The number of rotatable bonds is 3. The Kier molecular flexibility index (Phi) is 4.81. The number of hydrogen-bond acceptors (Lipinski definition) is 3. The van der Waals surface area contributed by atoms with Crippen LogP contribution in [0.4, 0.5) is 0 Å². The molecule has 2 saturated heterocycles. The Morgan fingerprint density at radius 3 is 2.59 bits per heavy atom. The summed E-state index contributed by atoms with van der Waals surface area (Å²) in [5.74, 6) is 2.65. The smallest absolute Gasteiger partial charge is 0.219 e. The number of likely N-dealkylation sites (tertiary alicyclic amines) is 1. The molecule has 0 aliphatic carbocycles. The van der Waals surface area contributed by atoms with Gasteiger partial charge in [0.2, 0.25) is 5.91 Å². The summed E-state index contributed by atoms with van der Waals surface area (Å²) in [5, 5.41) is 0. The zero-order valence-corrected chi connectivity index (χ0v) is 13.8. The number of carbonyl (C=O) groups excluding carboxylic acids is 1. The second-order valence-electron chi connectivity index (χ2n) is 6.70. The third-order valence-corrected chi connectivity index (χ3v) is 5.17. The van der Waals surface area contributed by atoms with E-state index in [1.165, 1.54) is 11.5 Å². The predicted octanol–water partition coefficient (Wildman–Crippen LogP) is 2.34. The number of ether oxygens (including phenoxy) is 1. The summed E-state index contributed by atoms with van der Waals surface area (Å²) in [6.07, 6.45) is 6.38. The topological polar surface area (TPSA) is 47.4 Å². The van der Waals surface area contributed by atoms with Gasteiger partial charge in [-0.15, -0.1) is 0 Å². The Balaban J connectivity index is 1.65. The lowest BCUT2D eigenvalue weighted by Gasteiger charge is -2.32. The van der Waals surface area contributed by atoms with E-state index < -0.39 is 0 Å². The first-order chi connectivity index (χ1) is 10.6. The van der Waals surface area contributed by atoms with E-state index in [0.29, 0.717) is 11.8 Å². The van der Waals surface area contributed by atoms with E-state index in [9.17, 15) is 4.79 Å². The molecule has 0 atom stereocenters. The van der Waals surface area contributed by atoms with Crippen LogP contribution in [-0.4, -0.2) is 46.7 Å². The van der Waals surface area contributed by atoms with Gasteiger partial charge in [0.05, 0.1) is 0 Å². The predicted molar refractivity (Wildman–Crippen MR) is 84.7 cm³/mol. The van der Waals surface area contributed by atoms with Crippen LogP contribution < -0.4 is 0 Å². The van der Waals surface area contributed by atoms with Crippen LogP contribution in [0.2, 0.25) is 0 Å². The quantitative estimate of drug-likeness (QED) is 0.861. The molecule has 0 saturated carbocycles. The van der Waals surface area contributed by atoms with Gasteiger partial charge in [0.1, 0.15) is 5.82 Å². The fraction of sp³-hybridized carbons (Fsp3) is 0.765. The van der Waals surface area contributed by atoms with Crippen LogP contribution in [0.5, 0.6) is 0 Å². The summed E-state index contributed by atoms with van der Waals surface area (Å²) < 4.78 is 7.90. The molecule has 0 radical (unpaired) electrons. The maximum absolute atomic E-state index is 11.4. The SMILES string of the molecule is CC(=O)N1CCC(Cn2c(C)cnc2C2CCOCC2)CC1. The largest absolute Gasteiger partial charge is 0.381 e. The van der Waals surface area contributed by atoms with Gasteiger partial charge in [-0.25, -0.2) is 4.98 Å². The van der Waals surface area contributed by atoms with E-state index >= 15 is 0 Å². The molecule has 122 valence electrons. The van der Waals surface area contributed by atoms with E-state index in [1.54, 1.807) is 6.92 Å². The minimum Gasteiger partial charge on any atom is -0.381 e. The van der Waals surface area contributed by atoms with Gasteiger partial charge in [0.25, 0.3) is 0 Å². The molecule has 3 rings (SSSR count). The number of hydrogen-bond donors (Lipinski definition) is 0. The fourth-order valence-electron chi connectivity index (χ4n) is 3.69. The molecule has 0 spiro atoms. The highest BCUT2D eigenvalue weighted by atomic mass is 16.5. The van der Waals surface area contributed by atoms with E-state index in [1.807, 2.05) is 11.1 Å². The molecule has 22 heavy (non-hydrogen) atoms. The van der Waals surface area contributed by atoms with E-state index in [2.05, 4.69) is 11.5 Å². The van der Waals surface area contributed by atoms with Crippen molar-refractivity contribution in [1.29, 1.82) is 0 Å². The van der Waals surface area contributed by atoms with E-state index in [0.717, 1.165) is 58.5 Å². The second-order valence-corrected chi connectivity index (χ2v) is 6.70. The molecule has 1 aromatic heterocycles. The molecule has 3 heterocycles. The van der Waals surface area contributed by atoms with Crippen molar-refractivity contribution >= 4 is 5.91 Å². The van der Waals surface area contributed by atoms with Crippen molar-refractivity contribution < 1.29 is 9.53 Å². The third-order valence-electron chi connectivity index (χ3n) is 5.17. The van der Waals surface area contributed by atoms with Crippen molar-refractivity contribution in [3.63, 3.8) is 0 Å². The number of piperidine rings is 1. The average molecular weight is 305 g/mol. The normalized spacial score (nSPS) is 21.3. The Hall–Kier alpha value is -1.36. The van der Waals surface area contributed by atoms with Crippen molar-refractivity contribution in [2.75, 3.05) is 26.3 Å². The van der Waals surface area contributed by atoms with Gasteiger partial charge in [0, 0.05) is 57.6 Å². The first-order valence-electron chi connectivity index (χ1n) is 8.50. The molecular weight excluding hydrogens is 278 g/mol. The number of imidazole rings is 1. The Morgan fingerprint density at radius 2 is 1.95 bits per heavy atom. The Labute approximate surface area is 132 Å². The molecular formula is C17H27N3O2. The van der Waals surface area contributed by atoms with Crippen molar-refractivity contribution in [2.45, 2.75) is 52.0 Å². The summed E-state index contributed by atoms with van der Waals surface area (Å²) in [4.78, 5) is 18.1. The van der Waals surface area contributed by atoms with Gasteiger partial charge in [-0.2, -0.15) is 0 Å². The standard InChI is InChI=1S/C17H27N3O2/c1-13-11-18-17(16-5-9-22-10-6-16)20(13)12-15-3-7-19(8-4-15)14(2)21/h11,15-16H,3-10,12H2,1-2H3. The molecule has 5 nitrogen and oxygen atoms in total. The zero-order chi connectivity index (χ0) is 15.5. The van der Waals surface area contributed by atoms with Crippen molar-refractivity contribution in [3.8, 4) is 0 Å². The molecule has 2 fully saturated rings. The van der Waals surface area contributed by atoms with Crippen LogP contribution >= 0.6 is 0 Å². The molecule has 0 aromatic carbocycles. The van der Waals surface area contributed by atoms with E-state index in [-0.39, 0.29) is 5.91 Å². The van der Waals surface area contributed by atoms with Gasteiger partial charge >= 0.3 is 0 Å². The first-order valence-corrected chi connectivity index (χ1v) is 8.50. The minimum absolute atomic E-state index is 0.208. The van der Waals surface area contributed by atoms with Crippen LogP contribution in [0.15, 0.2) is 6.20 Å². The summed E-state index contributed by atoms with van der Waals surface area (Å²) in [5.41, 5.74) is 1.26. The highest BCUT2D eigenvalue weighted by Gasteiger charge is 2.25. The number of aryl methyl sites for hydroxylation is 1. The average Bonchev–Trinajstić information content (AvgIpc) is 2.90. The summed E-state index contributed by atoms with van der Waals surface area (Å²) in [6.45, 7) is 8.39. The van der Waals surface area contributed by atoms with Crippen molar-refractivity contribution in [3.05, 3.63) is 17.7 Å². The Bertz CT molecular complexity index is 512. The first kappa shape index (κ1) is 15.5. The molecule has 0 N–H and O–H groups in total. The molecule has 1 aromatic rings. The maximum atomic E-state index is 11.4. The van der Waals surface area contributed by atoms with Gasteiger partial charge in [0.15, 0.2) is 0 Å². The summed E-state index contributed by atoms with van der Waals surface area (Å²) in [6, 6.07) is 0. The van der Waals surface area contributed by atoms with Crippen LogP contribution in [0.25, 0.3) is 0 Å². The van der Waals surface area contributed by atoms with Crippen LogP contribution in [-0.2, 0) is 16.1 Å². The summed E-state index contributed by atoms with van der Waals surface area (Å²) in [7, 11) is 0. The maximum Gasteiger partial charge on any atom is 0.219 e. The lowest BCUT2D eigenvalue weighted by molar-refractivity contribution is -0.130. The highest BCUT2D eigenvalue weighted by molar-refractivity contribution is 5.73. The number of nitrogens with zero attached hydrogens (tertiary/aromatic N) is 3. The molecule has 0 bridgehead atoms. The third kappa shape index (κ3) is 3.35. The molecule has 0 unspecified atom stereocenters. The lowest BCUT2D eigenvalue weighted by atomic mass is 9.95. The number of amides is 1. The number of aromatic nitrogens is 2.